The van der Waals surface area contributed by atoms with Gasteiger partial charge in [0.2, 0.25) is 0 Å². The molecule has 3 aromatic rings. The number of carbonyl (C=O) groups excluding carboxylic acids is 1. The van der Waals surface area contributed by atoms with Crippen LogP contribution in [-0.4, -0.2) is 17.5 Å². The number of ketones is 1. The number of hydrogen-bond acceptors (Lipinski definition) is 3. The minimum Gasteiger partial charge on any atom is -0.507 e. The summed E-state index contributed by atoms with van der Waals surface area (Å²) in [4.78, 5) is 11.1. The van der Waals surface area contributed by atoms with Crippen molar-refractivity contribution in [1.29, 1.82) is 0 Å². The number of aromatic hydroxyl groups is 1. The number of aryl methyl sites for hydroxylation is 1. The Morgan fingerprint density at radius 1 is 1.04 bits per heavy atom. The smallest absolute Gasteiger partial charge is 0.167 e. The highest BCUT2D eigenvalue weighted by molar-refractivity contribution is 6.36. The van der Waals surface area contributed by atoms with Crippen LogP contribution in [0.4, 0.5) is 0 Å². The first-order valence-corrected chi connectivity index (χ1v) is 9.58. The van der Waals surface area contributed by atoms with Gasteiger partial charge in [-0.3, -0.25) is 4.79 Å². The summed E-state index contributed by atoms with van der Waals surface area (Å²) in [6.45, 7) is 3.44. The van der Waals surface area contributed by atoms with E-state index in [2.05, 4.69) is 0 Å². The van der Waals surface area contributed by atoms with Crippen LogP contribution >= 0.6 is 23.2 Å². The Bertz CT molecular complexity index is 1010. The van der Waals surface area contributed by atoms with Crippen LogP contribution in [0.5, 0.6) is 11.5 Å². The molecule has 0 aliphatic rings. The molecule has 0 heterocycles. The Hall–Kier alpha value is -2.49. The van der Waals surface area contributed by atoms with Gasteiger partial charge < -0.3 is 9.84 Å². The highest BCUT2D eigenvalue weighted by atomic mass is 35.5. The first kappa shape index (κ1) is 20.2. The van der Waals surface area contributed by atoms with Gasteiger partial charge in [-0.05, 0) is 54.8 Å². The first-order chi connectivity index (χ1) is 13.3. The molecule has 0 atom stereocenters. The van der Waals surface area contributed by atoms with Gasteiger partial charge in [-0.25, -0.2) is 0 Å². The minimum absolute atomic E-state index is 0.0240. The predicted octanol–water partition coefficient (Wildman–Crippen LogP) is 6.23. The molecule has 0 fully saturated rings. The summed E-state index contributed by atoms with van der Waals surface area (Å²) >= 11 is 12.8. The number of ether oxygens (including phenoxy) is 1. The van der Waals surface area contributed by atoms with E-state index < -0.39 is 0 Å². The molecular weight excluding hydrogens is 395 g/mol. The second-order valence-electron chi connectivity index (χ2n) is 6.75. The van der Waals surface area contributed by atoms with Crippen LogP contribution in [0.1, 0.15) is 23.6 Å². The van der Waals surface area contributed by atoms with Crippen LogP contribution in [0.15, 0.2) is 54.6 Å². The van der Waals surface area contributed by atoms with E-state index in [4.69, 9.17) is 27.9 Å². The van der Waals surface area contributed by atoms with Crippen molar-refractivity contribution < 1.29 is 14.6 Å². The number of rotatable bonds is 6. The molecular formula is C23H20Cl2O3. The number of Topliss-reactive ketones (excluding diaryl/α,β-unsaturated/α-hetero) is 1. The predicted molar refractivity (Wildman–Crippen MR) is 114 cm³/mol. The summed E-state index contributed by atoms with van der Waals surface area (Å²) in [5.41, 5.74) is 4.56. The number of carbonyl (C=O) groups is 1. The van der Waals surface area contributed by atoms with Crippen molar-refractivity contribution in [2.24, 2.45) is 0 Å². The molecule has 0 radical (unpaired) electrons. The van der Waals surface area contributed by atoms with Gasteiger partial charge in [0.25, 0.3) is 0 Å². The monoisotopic (exact) mass is 414 g/mol. The lowest BCUT2D eigenvalue weighted by molar-refractivity contribution is -0.118. The van der Waals surface area contributed by atoms with E-state index in [9.17, 15) is 9.90 Å². The van der Waals surface area contributed by atoms with E-state index in [0.29, 0.717) is 22.2 Å². The van der Waals surface area contributed by atoms with Gasteiger partial charge in [0.1, 0.15) is 18.1 Å². The fourth-order valence-electron chi connectivity index (χ4n) is 2.96. The van der Waals surface area contributed by atoms with Crippen molar-refractivity contribution in [2.45, 2.75) is 20.3 Å². The molecule has 0 aliphatic carbocycles. The van der Waals surface area contributed by atoms with Crippen LogP contribution in [-0.2, 0) is 11.2 Å². The zero-order valence-electron chi connectivity index (χ0n) is 15.6. The van der Waals surface area contributed by atoms with Gasteiger partial charge >= 0.3 is 0 Å². The summed E-state index contributed by atoms with van der Waals surface area (Å²) in [5.74, 6) is 0.601. The second-order valence-corrected chi connectivity index (χ2v) is 7.57. The van der Waals surface area contributed by atoms with Gasteiger partial charge in [0.05, 0.1) is 0 Å². The molecule has 5 heteroatoms. The summed E-state index contributed by atoms with van der Waals surface area (Å²) in [5, 5.41) is 11.2. The Kier molecular flexibility index (Phi) is 6.28. The quantitative estimate of drug-likeness (QED) is 0.519. The normalized spacial score (nSPS) is 10.7. The Morgan fingerprint density at radius 3 is 2.39 bits per heavy atom. The van der Waals surface area contributed by atoms with Crippen molar-refractivity contribution in [3.05, 3.63) is 81.3 Å². The number of hydrogen-bond donors (Lipinski definition) is 1. The molecule has 0 amide bonds. The molecule has 0 saturated carbocycles. The van der Waals surface area contributed by atoms with Crippen molar-refractivity contribution in [1.82, 2.24) is 0 Å². The maximum Gasteiger partial charge on any atom is 0.167 e. The Morgan fingerprint density at radius 2 is 1.75 bits per heavy atom. The number of phenols is 1. The highest BCUT2D eigenvalue weighted by Crippen LogP contribution is 2.35. The molecule has 144 valence electrons. The topological polar surface area (TPSA) is 46.5 Å². The fraction of sp³-hybridized carbons (Fsp3) is 0.174. The zero-order chi connectivity index (χ0) is 20.3. The molecule has 3 nitrogen and oxygen atoms in total. The fourth-order valence-corrected chi connectivity index (χ4v) is 3.56. The van der Waals surface area contributed by atoms with E-state index in [1.165, 1.54) is 6.92 Å². The molecule has 3 rings (SSSR count). The molecule has 0 aliphatic heterocycles. The molecule has 0 unspecified atom stereocenters. The van der Waals surface area contributed by atoms with E-state index in [1.54, 1.807) is 18.2 Å². The van der Waals surface area contributed by atoms with Crippen LogP contribution in [0.3, 0.4) is 0 Å². The lowest BCUT2D eigenvalue weighted by atomic mass is 9.97. The Balaban J connectivity index is 1.90. The molecule has 28 heavy (non-hydrogen) atoms. The maximum absolute atomic E-state index is 11.1. The van der Waals surface area contributed by atoms with E-state index in [-0.39, 0.29) is 18.1 Å². The van der Waals surface area contributed by atoms with E-state index >= 15 is 0 Å². The summed E-state index contributed by atoms with van der Waals surface area (Å²) < 4.78 is 5.39. The first-order valence-electron chi connectivity index (χ1n) is 8.82. The van der Waals surface area contributed by atoms with Crippen LogP contribution in [0.25, 0.3) is 11.1 Å². The van der Waals surface area contributed by atoms with Crippen LogP contribution < -0.4 is 4.74 Å². The minimum atomic E-state index is -0.0795. The third-order valence-electron chi connectivity index (χ3n) is 4.33. The average Bonchev–Trinajstić information content (AvgIpc) is 2.64. The standard InChI is InChI=1S/C23H20Cl2O3/c1-14-4-3-5-17(8-14)19-9-16(6-7-23(19)27)10-20-21(24)11-18(12-22(20)25)28-13-15(2)26/h3-9,11-12,27H,10,13H2,1-2H3. The number of halogens is 2. The molecule has 0 saturated heterocycles. The molecule has 0 bridgehead atoms. The average molecular weight is 415 g/mol. The third kappa shape index (κ3) is 4.86. The zero-order valence-corrected chi connectivity index (χ0v) is 17.1. The number of benzene rings is 3. The summed E-state index contributed by atoms with van der Waals surface area (Å²) in [7, 11) is 0. The third-order valence-corrected chi connectivity index (χ3v) is 5.00. The van der Waals surface area contributed by atoms with Crippen LogP contribution in [0, 0.1) is 6.92 Å². The van der Waals surface area contributed by atoms with Gasteiger partial charge in [0.15, 0.2) is 5.78 Å². The molecule has 3 aromatic carbocycles. The maximum atomic E-state index is 11.1. The summed E-state index contributed by atoms with van der Waals surface area (Å²) in [6, 6.07) is 16.8. The largest absolute Gasteiger partial charge is 0.507 e. The van der Waals surface area contributed by atoms with Crippen molar-refractivity contribution in [2.75, 3.05) is 6.61 Å². The molecule has 1 N–H and O–H groups in total. The molecule has 0 aromatic heterocycles. The van der Waals surface area contributed by atoms with Crippen molar-refractivity contribution >= 4 is 29.0 Å². The van der Waals surface area contributed by atoms with Crippen LogP contribution in [0.2, 0.25) is 10.0 Å². The van der Waals surface area contributed by atoms with Gasteiger partial charge in [-0.1, -0.05) is 59.1 Å². The second kappa shape index (κ2) is 8.68. The summed E-state index contributed by atoms with van der Waals surface area (Å²) in [6.07, 6.45) is 0.504. The lowest BCUT2D eigenvalue weighted by Gasteiger charge is -2.13. The Labute approximate surface area is 174 Å². The SMILES string of the molecule is CC(=O)COc1cc(Cl)c(Cc2ccc(O)c(-c3cccc(C)c3)c2)c(Cl)c1. The highest BCUT2D eigenvalue weighted by Gasteiger charge is 2.13. The van der Waals surface area contributed by atoms with Crippen molar-refractivity contribution in [3.63, 3.8) is 0 Å². The lowest BCUT2D eigenvalue weighted by Crippen LogP contribution is -2.06. The van der Waals surface area contributed by atoms with Crippen molar-refractivity contribution in [3.8, 4) is 22.6 Å². The van der Waals surface area contributed by atoms with E-state index in [1.807, 2.05) is 43.3 Å². The number of phenolic OH excluding ortho intramolecular Hbond substituents is 1. The van der Waals surface area contributed by atoms with Gasteiger partial charge in [0, 0.05) is 22.0 Å². The van der Waals surface area contributed by atoms with Gasteiger partial charge in [-0.15, -0.1) is 0 Å². The molecule has 0 spiro atoms. The van der Waals surface area contributed by atoms with E-state index in [0.717, 1.165) is 27.8 Å². The van der Waals surface area contributed by atoms with Gasteiger partial charge in [-0.2, -0.15) is 0 Å².